The number of hydrogen-bond donors (Lipinski definition) is 0. The van der Waals surface area contributed by atoms with Gasteiger partial charge in [-0.25, -0.2) is 4.39 Å². The Morgan fingerprint density at radius 1 is 1.06 bits per heavy atom. The Morgan fingerprint density at radius 3 is 2.60 bits per heavy atom. The molecule has 1 aliphatic carbocycles. The molecule has 3 aliphatic heterocycles. The molecule has 1 amide bonds. The number of pyridine rings is 1. The van der Waals surface area contributed by atoms with Crippen LogP contribution in [0, 0.1) is 0 Å². The van der Waals surface area contributed by atoms with Crippen molar-refractivity contribution in [1.29, 1.82) is 0 Å². The molecule has 1 aromatic heterocycles. The lowest BCUT2D eigenvalue weighted by Crippen LogP contribution is -2.66. The van der Waals surface area contributed by atoms with Crippen molar-refractivity contribution >= 4 is 32.7 Å². The summed E-state index contributed by atoms with van der Waals surface area (Å²) in [5.74, 6) is -0.0968. The van der Waals surface area contributed by atoms with Crippen LogP contribution in [-0.2, 0) is 19.7 Å². The van der Waals surface area contributed by atoms with Crippen LogP contribution in [0.3, 0.4) is 0 Å². The molecule has 1 unspecified atom stereocenters. The Morgan fingerprint density at radius 2 is 1.86 bits per heavy atom. The van der Waals surface area contributed by atoms with E-state index in [1.807, 2.05) is 30.3 Å². The number of halogens is 1. The van der Waals surface area contributed by atoms with Gasteiger partial charge in [0, 0.05) is 62.6 Å². The summed E-state index contributed by atoms with van der Waals surface area (Å²) >= 11 is 0. The average molecular weight is 504 g/mol. The number of alkyl halides is 1. The fourth-order valence-corrected chi connectivity index (χ4v) is 7.07. The largest absolute Gasteiger partial charge is 0.369 e. The molecule has 35 heavy (non-hydrogen) atoms. The summed E-state index contributed by atoms with van der Waals surface area (Å²) in [5.41, 5.74) is 0.815. The maximum atomic E-state index is 15.5. The number of aromatic nitrogens is 1. The highest BCUT2D eigenvalue weighted by Gasteiger charge is 2.53. The SMILES string of the molecule is O=C1COC2(CCN(S(=O)(=O)N3CCN(c4ccc5cccnc5c4)CC3)C[C@@H]2F)CN1C1CC1. The maximum Gasteiger partial charge on any atom is 0.282 e. The van der Waals surface area contributed by atoms with Gasteiger partial charge in [0.05, 0.1) is 12.1 Å². The molecule has 4 aliphatic rings. The van der Waals surface area contributed by atoms with Crippen molar-refractivity contribution in [2.24, 2.45) is 0 Å². The van der Waals surface area contributed by atoms with Crippen LogP contribution >= 0.6 is 0 Å². The van der Waals surface area contributed by atoms with Gasteiger partial charge in [0.15, 0.2) is 0 Å². The number of hydrogen-bond acceptors (Lipinski definition) is 6. The number of anilines is 1. The zero-order chi connectivity index (χ0) is 24.2. The highest BCUT2D eigenvalue weighted by molar-refractivity contribution is 7.86. The Hall–Kier alpha value is -2.34. The van der Waals surface area contributed by atoms with Crippen LogP contribution in [-0.4, -0.2) is 103 Å². The van der Waals surface area contributed by atoms with Crippen molar-refractivity contribution in [1.82, 2.24) is 18.5 Å². The molecule has 3 saturated heterocycles. The fourth-order valence-electron chi connectivity index (χ4n) is 5.48. The predicted molar refractivity (Wildman–Crippen MR) is 129 cm³/mol. The van der Waals surface area contributed by atoms with Crippen LogP contribution in [0.25, 0.3) is 10.9 Å². The number of morpholine rings is 1. The number of piperidine rings is 1. The van der Waals surface area contributed by atoms with Gasteiger partial charge in [-0.15, -0.1) is 0 Å². The van der Waals surface area contributed by atoms with E-state index < -0.39 is 22.0 Å². The first-order valence-corrected chi connectivity index (χ1v) is 13.7. The van der Waals surface area contributed by atoms with Gasteiger partial charge in [0.1, 0.15) is 18.4 Å². The quantitative estimate of drug-likeness (QED) is 0.627. The highest BCUT2D eigenvalue weighted by Crippen LogP contribution is 2.38. The second-order valence-electron chi connectivity index (χ2n) is 9.96. The Bertz CT molecular complexity index is 1230. The number of amides is 1. The van der Waals surface area contributed by atoms with E-state index in [9.17, 15) is 13.2 Å². The van der Waals surface area contributed by atoms with Crippen molar-refractivity contribution in [2.75, 3.05) is 57.3 Å². The number of piperazine rings is 1. The number of nitrogens with zero attached hydrogens (tertiary/aromatic N) is 5. The minimum absolute atomic E-state index is 0.0968. The van der Waals surface area contributed by atoms with E-state index in [1.165, 1.54) is 8.61 Å². The molecule has 11 heteroatoms. The fraction of sp³-hybridized carbons (Fsp3) is 0.583. The average Bonchev–Trinajstić information content (AvgIpc) is 3.72. The molecule has 2 atom stereocenters. The van der Waals surface area contributed by atoms with Crippen LogP contribution < -0.4 is 4.90 Å². The maximum absolute atomic E-state index is 15.5. The molecule has 9 nitrogen and oxygen atoms in total. The van der Waals surface area contributed by atoms with Gasteiger partial charge in [-0.1, -0.05) is 12.1 Å². The van der Waals surface area contributed by atoms with Crippen molar-refractivity contribution in [3.05, 3.63) is 36.5 Å². The van der Waals surface area contributed by atoms with Crippen LogP contribution in [0.5, 0.6) is 0 Å². The van der Waals surface area contributed by atoms with Crippen LogP contribution in [0.4, 0.5) is 10.1 Å². The van der Waals surface area contributed by atoms with Gasteiger partial charge in [0.2, 0.25) is 5.91 Å². The molecule has 0 N–H and O–H groups in total. The molecule has 4 heterocycles. The monoisotopic (exact) mass is 503 g/mol. The predicted octanol–water partition coefficient (Wildman–Crippen LogP) is 1.41. The van der Waals surface area contributed by atoms with Crippen molar-refractivity contribution < 1.29 is 22.3 Å². The molecule has 1 aromatic carbocycles. The molecular formula is C24H30FN5O4S. The van der Waals surface area contributed by atoms with Crippen LogP contribution in [0.15, 0.2) is 36.5 Å². The van der Waals surface area contributed by atoms with Crippen molar-refractivity contribution in [3.8, 4) is 0 Å². The number of benzene rings is 1. The van der Waals surface area contributed by atoms with Crippen LogP contribution in [0.2, 0.25) is 0 Å². The third-order valence-corrected chi connectivity index (χ3v) is 9.80. The molecule has 1 spiro atoms. The van der Waals surface area contributed by atoms with Gasteiger partial charge in [-0.05, 0) is 37.5 Å². The summed E-state index contributed by atoms with van der Waals surface area (Å²) in [7, 11) is -3.79. The second-order valence-corrected chi connectivity index (χ2v) is 11.9. The van der Waals surface area contributed by atoms with Crippen LogP contribution in [0.1, 0.15) is 19.3 Å². The van der Waals surface area contributed by atoms with E-state index >= 15 is 4.39 Å². The Kier molecular flexibility index (Phi) is 5.70. The molecule has 0 radical (unpaired) electrons. The summed E-state index contributed by atoms with van der Waals surface area (Å²) in [6.45, 7) is 1.80. The smallest absolute Gasteiger partial charge is 0.282 e. The number of carbonyl (C=O) groups excluding carboxylic acids is 1. The van der Waals surface area contributed by atoms with E-state index in [4.69, 9.17) is 4.74 Å². The minimum Gasteiger partial charge on any atom is -0.369 e. The van der Waals surface area contributed by atoms with Gasteiger partial charge in [-0.2, -0.15) is 17.0 Å². The first-order chi connectivity index (χ1) is 16.9. The van der Waals surface area contributed by atoms with Gasteiger partial charge >= 0.3 is 0 Å². The standard InChI is InChI=1S/C24H30FN5O4S/c25-22-15-29(9-7-24(22)17-30(19-5-6-19)23(31)16-34-24)35(32,33)28-12-10-27(11-13-28)20-4-3-18-2-1-8-26-21(18)14-20/h1-4,8,14,19,22H,5-7,9-13,15-17H2/t22-,24?/m0/s1. The number of ether oxygens (including phenoxy) is 1. The summed E-state index contributed by atoms with van der Waals surface area (Å²) < 4.78 is 50.6. The third-order valence-electron chi connectivity index (χ3n) is 7.79. The summed E-state index contributed by atoms with van der Waals surface area (Å²) in [6.07, 6.45) is 2.42. The number of fused-ring (bicyclic) bond motifs is 1. The topological polar surface area (TPSA) is 86.3 Å². The zero-order valence-electron chi connectivity index (χ0n) is 19.6. The number of carbonyl (C=O) groups is 1. The van der Waals surface area contributed by atoms with E-state index in [0.717, 1.165) is 29.4 Å². The third kappa shape index (κ3) is 4.18. The molecule has 6 rings (SSSR count). The van der Waals surface area contributed by atoms with Crippen molar-refractivity contribution in [2.45, 2.75) is 37.1 Å². The highest BCUT2D eigenvalue weighted by atomic mass is 32.2. The normalized spacial score (nSPS) is 29.3. The van der Waals surface area contributed by atoms with Crippen molar-refractivity contribution in [3.63, 3.8) is 0 Å². The molecule has 188 valence electrons. The molecule has 0 bridgehead atoms. The molecule has 4 fully saturated rings. The molecule has 1 saturated carbocycles. The van der Waals surface area contributed by atoms with Gasteiger partial charge in [0.25, 0.3) is 10.2 Å². The Balaban J connectivity index is 1.10. The first kappa shape index (κ1) is 23.1. The minimum atomic E-state index is -3.79. The zero-order valence-corrected chi connectivity index (χ0v) is 20.4. The first-order valence-electron chi connectivity index (χ1n) is 12.3. The lowest BCUT2D eigenvalue weighted by molar-refractivity contribution is -0.185. The number of rotatable bonds is 4. The van der Waals surface area contributed by atoms with E-state index in [2.05, 4.69) is 9.88 Å². The lowest BCUT2D eigenvalue weighted by Gasteiger charge is -2.49. The van der Waals surface area contributed by atoms with E-state index in [0.29, 0.717) is 26.2 Å². The van der Waals surface area contributed by atoms with E-state index in [1.54, 1.807) is 11.1 Å². The Labute approximate surface area is 204 Å². The summed E-state index contributed by atoms with van der Waals surface area (Å²) in [6, 6.07) is 10.2. The second kappa shape index (κ2) is 8.65. The lowest BCUT2D eigenvalue weighted by atomic mass is 9.88. The molecule has 2 aromatic rings. The van der Waals surface area contributed by atoms with Gasteiger partial charge in [-0.3, -0.25) is 9.78 Å². The summed E-state index contributed by atoms with van der Waals surface area (Å²) in [5, 5.41) is 1.06. The molecular weight excluding hydrogens is 473 g/mol. The van der Waals surface area contributed by atoms with E-state index in [-0.39, 0.29) is 44.6 Å². The van der Waals surface area contributed by atoms with Gasteiger partial charge < -0.3 is 14.5 Å². The summed E-state index contributed by atoms with van der Waals surface area (Å²) in [4.78, 5) is 20.5.